The molecule has 0 heterocycles. The second-order valence-corrected chi connectivity index (χ2v) is 8.52. The van der Waals surface area contributed by atoms with Crippen molar-refractivity contribution in [1.82, 2.24) is 10.6 Å². The second kappa shape index (κ2) is 9.90. The Morgan fingerprint density at radius 3 is 2.27 bits per heavy atom. The van der Waals surface area contributed by atoms with Crippen LogP contribution >= 0.6 is 0 Å². The van der Waals surface area contributed by atoms with Crippen molar-refractivity contribution < 1.29 is 24.2 Å². The van der Waals surface area contributed by atoms with E-state index in [1.54, 1.807) is 12.2 Å². The molecule has 0 aliphatic heterocycles. The van der Waals surface area contributed by atoms with Gasteiger partial charge in [-0.15, -0.1) is 0 Å². The Labute approximate surface area is 192 Å². The molecule has 7 heteroatoms. The fourth-order valence-electron chi connectivity index (χ4n) is 4.61. The minimum absolute atomic E-state index is 0.0130. The maximum atomic E-state index is 12.5. The summed E-state index contributed by atoms with van der Waals surface area (Å²) in [5.41, 5.74) is 4.64. The van der Waals surface area contributed by atoms with Crippen molar-refractivity contribution >= 4 is 18.0 Å². The number of hydrogen-bond donors (Lipinski definition) is 3. The Balaban J connectivity index is 1.29. The van der Waals surface area contributed by atoms with Gasteiger partial charge in [0.1, 0.15) is 6.61 Å². The molecule has 0 saturated heterocycles. The zero-order valence-corrected chi connectivity index (χ0v) is 18.5. The third-order valence-corrected chi connectivity index (χ3v) is 6.33. The number of hydrogen-bond acceptors (Lipinski definition) is 4. The molecule has 2 aliphatic carbocycles. The fraction of sp³-hybridized carbons (Fsp3) is 0.346. The highest BCUT2D eigenvalue weighted by Crippen LogP contribution is 2.44. The van der Waals surface area contributed by atoms with Gasteiger partial charge in [0.2, 0.25) is 5.91 Å². The first-order valence-electron chi connectivity index (χ1n) is 11.3. The van der Waals surface area contributed by atoms with Gasteiger partial charge in [-0.25, -0.2) is 4.79 Å². The lowest BCUT2D eigenvalue weighted by Crippen LogP contribution is -2.40. The van der Waals surface area contributed by atoms with E-state index in [0.717, 1.165) is 11.1 Å². The first-order valence-corrected chi connectivity index (χ1v) is 11.3. The number of nitrogens with one attached hydrogen (secondary N) is 2. The van der Waals surface area contributed by atoms with Crippen LogP contribution in [0.1, 0.15) is 43.2 Å². The molecule has 2 aromatic rings. The van der Waals surface area contributed by atoms with Crippen LogP contribution < -0.4 is 10.6 Å². The highest BCUT2D eigenvalue weighted by molar-refractivity contribution is 5.82. The lowest BCUT2D eigenvalue weighted by molar-refractivity contribution is -0.137. The minimum Gasteiger partial charge on any atom is -0.481 e. The van der Waals surface area contributed by atoms with Crippen LogP contribution in [0.2, 0.25) is 0 Å². The van der Waals surface area contributed by atoms with E-state index in [4.69, 9.17) is 9.84 Å². The van der Waals surface area contributed by atoms with Gasteiger partial charge in [0.25, 0.3) is 0 Å². The van der Waals surface area contributed by atoms with E-state index in [-0.39, 0.29) is 30.9 Å². The predicted molar refractivity (Wildman–Crippen MR) is 124 cm³/mol. The Morgan fingerprint density at radius 2 is 1.67 bits per heavy atom. The van der Waals surface area contributed by atoms with E-state index in [2.05, 4.69) is 34.9 Å². The molecule has 2 aromatic carbocycles. The van der Waals surface area contributed by atoms with Crippen LogP contribution in [0, 0.1) is 5.92 Å². The number of alkyl carbamates (subject to hydrolysis) is 1. The maximum absolute atomic E-state index is 12.5. The van der Waals surface area contributed by atoms with Crippen LogP contribution in [0.25, 0.3) is 11.1 Å². The molecule has 0 spiro atoms. The van der Waals surface area contributed by atoms with Crippen LogP contribution in [0.15, 0.2) is 60.7 Å². The summed E-state index contributed by atoms with van der Waals surface area (Å²) in [7, 11) is 0. The zero-order valence-electron chi connectivity index (χ0n) is 18.5. The predicted octanol–water partition coefficient (Wildman–Crippen LogP) is 3.84. The van der Waals surface area contributed by atoms with Crippen molar-refractivity contribution in [3.05, 3.63) is 71.8 Å². The summed E-state index contributed by atoms with van der Waals surface area (Å²) in [6.07, 6.45) is 3.85. The van der Waals surface area contributed by atoms with Gasteiger partial charge in [-0.3, -0.25) is 9.59 Å². The van der Waals surface area contributed by atoms with Crippen molar-refractivity contribution in [3.8, 4) is 11.1 Å². The number of ether oxygens (including phenoxy) is 1. The summed E-state index contributed by atoms with van der Waals surface area (Å²) in [5, 5.41) is 14.5. The molecule has 2 amide bonds. The quantitative estimate of drug-likeness (QED) is 0.532. The molecule has 2 aliphatic rings. The number of amides is 2. The Hall–Kier alpha value is -3.61. The third-order valence-electron chi connectivity index (χ3n) is 6.33. The monoisotopic (exact) mass is 448 g/mol. The molecule has 7 nitrogen and oxygen atoms in total. The topological polar surface area (TPSA) is 105 Å². The average molecular weight is 449 g/mol. The molecule has 33 heavy (non-hydrogen) atoms. The van der Waals surface area contributed by atoms with Gasteiger partial charge in [-0.2, -0.15) is 0 Å². The summed E-state index contributed by atoms with van der Waals surface area (Å²) < 4.78 is 5.57. The number of carbonyl (C=O) groups excluding carboxylic acids is 2. The summed E-state index contributed by atoms with van der Waals surface area (Å²) in [6.45, 7) is 2.06. The van der Waals surface area contributed by atoms with E-state index in [1.807, 2.05) is 31.2 Å². The van der Waals surface area contributed by atoms with Gasteiger partial charge in [-0.05, 0) is 35.1 Å². The van der Waals surface area contributed by atoms with Crippen molar-refractivity contribution in [2.24, 2.45) is 5.92 Å². The second-order valence-electron chi connectivity index (χ2n) is 8.52. The largest absolute Gasteiger partial charge is 0.481 e. The van der Waals surface area contributed by atoms with Gasteiger partial charge in [0.15, 0.2) is 0 Å². The van der Waals surface area contributed by atoms with Crippen LogP contribution in [0.3, 0.4) is 0 Å². The number of carboxylic acids is 1. The maximum Gasteiger partial charge on any atom is 0.407 e. The van der Waals surface area contributed by atoms with Crippen LogP contribution in [-0.4, -0.2) is 41.8 Å². The molecule has 3 N–H and O–H groups in total. The smallest absolute Gasteiger partial charge is 0.407 e. The molecule has 3 atom stereocenters. The van der Waals surface area contributed by atoms with Gasteiger partial charge in [0, 0.05) is 12.0 Å². The summed E-state index contributed by atoms with van der Waals surface area (Å²) >= 11 is 0. The molecule has 0 radical (unpaired) electrons. The number of fused-ring (bicyclic) bond motifs is 3. The summed E-state index contributed by atoms with van der Waals surface area (Å²) in [5.74, 6) is -1.59. The Morgan fingerprint density at radius 1 is 1.03 bits per heavy atom. The first-order chi connectivity index (χ1) is 16.0. The highest BCUT2D eigenvalue weighted by Gasteiger charge is 2.30. The Kier molecular flexibility index (Phi) is 6.77. The van der Waals surface area contributed by atoms with E-state index in [9.17, 15) is 14.4 Å². The molecule has 0 aromatic heterocycles. The molecule has 0 bridgehead atoms. The number of carboxylic acid groups (broad SMARTS) is 1. The van der Waals surface area contributed by atoms with Crippen LogP contribution in [0.5, 0.6) is 0 Å². The van der Waals surface area contributed by atoms with Crippen molar-refractivity contribution in [1.29, 1.82) is 0 Å². The first kappa shape index (κ1) is 22.6. The lowest BCUT2D eigenvalue weighted by atomic mass is 9.98. The molecule has 3 unspecified atom stereocenters. The molecule has 4 rings (SSSR count). The summed E-state index contributed by atoms with van der Waals surface area (Å²) in [4.78, 5) is 35.8. The Bertz CT molecular complexity index is 1030. The normalized spacial score (nSPS) is 19.4. The number of rotatable bonds is 8. The molecule has 0 saturated carbocycles. The van der Waals surface area contributed by atoms with Crippen molar-refractivity contribution in [3.63, 3.8) is 0 Å². The molecular weight excluding hydrogens is 420 g/mol. The number of aliphatic carboxylic acids is 1. The fourth-order valence-corrected chi connectivity index (χ4v) is 4.61. The SMILES string of the molecule is CCC(CC(=O)O)NC(=O)C1C=CC(NC(=O)OCC2c3ccccc3-c3ccccc32)C1. The van der Waals surface area contributed by atoms with E-state index in [0.29, 0.717) is 12.8 Å². The van der Waals surface area contributed by atoms with E-state index < -0.39 is 24.0 Å². The highest BCUT2D eigenvalue weighted by atomic mass is 16.5. The number of benzene rings is 2. The molecule has 172 valence electrons. The average Bonchev–Trinajstić information content (AvgIpc) is 3.39. The minimum atomic E-state index is -0.945. The van der Waals surface area contributed by atoms with Crippen LogP contribution in [-0.2, 0) is 14.3 Å². The van der Waals surface area contributed by atoms with Gasteiger partial charge in [-0.1, -0.05) is 67.6 Å². The lowest BCUT2D eigenvalue weighted by Gasteiger charge is -2.19. The van der Waals surface area contributed by atoms with E-state index >= 15 is 0 Å². The van der Waals surface area contributed by atoms with Gasteiger partial charge < -0.3 is 20.5 Å². The van der Waals surface area contributed by atoms with Crippen LogP contribution in [0.4, 0.5) is 4.79 Å². The summed E-state index contributed by atoms with van der Waals surface area (Å²) in [6, 6.07) is 15.6. The van der Waals surface area contributed by atoms with Gasteiger partial charge >= 0.3 is 12.1 Å². The third kappa shape index (κ3) is 5.08. The van der Waals surface area contributed by atoms with Gasteiger partial charge in [0.05, 0.1) is 18.4 Å². The van der Waals surface area contributed by atoms with E-state index in [1.165, 1.54) is 11.1 Å². The standard InChI is InChI=1S/C26H28N2O5/c1-2-17(14-24(29)30)27-25(31)16-11-12-18(13-16)28-26(32)33-15-23-21-9-5-3-7-19(21)20-8-4-6-10-22(20)23/h3-12,16-18,23H,2,13-15H2,1H3,(H,27,31)(H,28,32)(H,29,30). The molecular formula is C26H28N2O5. The van der Waals surface area contributed by atoms with Crippen molar-refractivity contribution in [2.75, 3.05) is 6.61 Å². The van der Waals surface area contributed by atoms with Crippen molar-refractivity contribution in [2.45, 2.75) is 44.2 Å². The number of carbonyl (C=O) groups is 3. The zero-order chi connectivity index (χ0) is 23.4. The molecule has 0 fully saturated rings.